The maximum absolute atomic E-state index is 13.8. The molecule has 1 saturated heterocycles. The number of imide groups is 1. The van der Waals surface area contributed by atoms with Crippen LogP contribution in [0.15, 0.2) is 66.7 Å². The van der Waals surface area contributed by atoms with Gasteiger partial charge in [-0.05, 0) is 60.5 Å². The molecule has 0 aliphatic carbocycles. The van der Waals surface area contributed by atoms with E-state index in [4.69, 9.17) is 4.98 Å². The highest BCUT2D eigenvalue weighted by molar-refractivity contribution is 7.21. The minimum atomic E-state index is -0.476. The number of thiazole rings is 1. The van der Waals surface area contributed by atoms with Crippen LogP contribution < -0.4 is 10.2 Å². The quantitative estimate of drug-likeness (QED) is 0.445. The molecule has 1 aliphatic rings. The first-order valence-corrected chi connectivity index (χ1v) is 11.7. The van der Waals surface area contributed by atoms with Crippen molar-refractivity contribution in [3.05, 3.63) is 83.7 Å². The number of benzene rings is 3. The van der Waals surface area contributed by atoms with Crippen LogP contribution in [-0.2, 0) is 16.0 Å². The van der Waals surface area contributed by atoms with Crippen molar-refractivity contribution in [3.8, 4) is 10.6 Å². The van der Waals surface area contributed by atoms with Crippen molar-refractivity contribution in [3.63, 3.8) is 0 Å². The number of quaternary nitrogens is 1. The van der Waals surface area contributed by atoms with Crippen molar-refractivity contribution in [1.82, 2.24) is 4.98 Å². The number of amides is 2. The lowest BCUT2D eigenvalue weighted by molar-refractivity contribution is -0.674. The molecule has 0 unspecified atom stereocenters. The van der Waals surface area contributed by atoms with Crippen LogP contribution in [0.25, 0.3) is 20.8 Å². The maximum Gasteiger partial charge on any atom is 0.292 e. The number of nitrogens with two attached hydrogens (primary N) is 1. The average Bonchev–Trinajstić information content (AvgIpc) is 3.35. The van der Waals surface area contributed by atoms with Crippen LogP contribution in [0.3, 0.4) is 0 Å². The molecule has 33 heavy (non-hydrogen) atoms. The number of carbonyl (C=O) groups excluding carboxylic acids is 2. The first-order chi connectivity index (χ1) is 16.0. The second-order valence-corrected chi connectivity index (χ2v) is 9.31. The molecule has 2 N–H and O–H groups in total. The van der Waals surface area contributed by atoms with Crippen LogP contribution in [0.5, 0.6) is 0 Å². The molecule has 1 aromatic heterocycles. The lowest BCUT2D eigenvalue weighted by Gasteiger charge is -2.14. The number of carbonyl (C=O) groups is 2. The molecule has 166 valence electrons. The topological polar surface area (TPSA) is 66.9 Å². The van der Waals surface area contributed by atoms with Gasteiger partial charge < -0.3 is 5.32 Å². The molecular weight excluding hydrogens is 437 g/mol. The van der Waals surface area contributed by atoms with Crippen molar-refractivity contribution >= 4 is 39.1 Å². The van der Waals surface area contributed by atoms with Gasteiger partial charge in [0.2, 0.25) is 5.91 Å². The fraction of sp³-hybridized carbons (Fsp3) is 0.192. The molecule has 2 heterocycles. The third kappa shape index (κ3) is 4.29. The lowest BCUT2D eigenvalue weighted by Crippen LogP contribution is -2.92. The average molecular weight is 461 g/mol. The molecule has 5 rings (SSSR count). The summed E-state index contributed by atoms with van der Waals surface area (Å²) in [6.45, 7) is 2.59. The highest BCUT2D eigenvalue weighted by atomic mass is 32.1. The van der Waals surface area contributed by atoms with Crippen molar-refractivity contribution in [2.24, 2.45) is 0 Å². The van der Waals surface area contributed by atoms with E-state index in [1.807, 2.05) is 29.6 Å². The van der Waals surface area contributed by atoms with E-state index >= 15 is 0 Å². The Morgan fingerprint density at radius 2 is 1.88 bits per heavy atom. The first-order valence-electron chi connectivity index (χ1n) is 10.9. The second kappa shape index (κ2) is 8.84. The normalized spacial score (nSPS) is 16.2. The van der Waals surface area contributed by atoms with Gasteiger partial charge in [-0.3, -0.25) is 9.59 Å². The molecule has 3 aromatic carbocycles. The molecule has 5 nitrogen and oxygen atoms in total. The van der Waals surface area contributed by atoms with Gasteiger partial charge in [-0.2, -0.15) is 0 Å². The largest absolute Gasteiger partial charge is 0.335 e. The second-order valence-electron chi connectivity index (χ2n) is 8.28. The monoisotopic (exact) mass is 460 g/mol. The van der Waals surface area contributed by atoms with Gasteiger partial charge in [-0.1, -0.05) is 24.3 Å². The maximum atomic E-state index is 13.8. The van der Waals surface area contributed by atoms with Crippen molar-refractivity contribution < 1.29 is 19.3 Å². The molecule has 7 heteroatoms. The summed E-state index contributed by atoms with van der Waals surface area (Å²) in [5.74, 6) is -0.684. The van der Waals surface area contributed by atoms with E-state index in [9.17, 15) is 14.0 Å². The number of hydrogen-bond acceptors (Lipinski definition) is 4. The van der Waals surface area contributed by atoms with Crippen LogP contribution in [0.2, 0.25) is 0 Å². The summed E-state index contributed by atoms with van der Waals surface area (Å²) in [7, 11) is 0. The summed E-state index contributed by atoms with van der Waals surface area (Å²) in [6, 6.07) is 19.7. The van der Waals surface area contributed by atoms with E-state index in [1.165, 1.54) is 16.5 Å². The van der Waals surface area contributed by atoms with Crippen LogP contribution in [0.4, 0.5) is 10.1 Å². The summed E-state index contributed by atoms with van der Waals surface area (Å²) in [5.41, 5.74) is 4.28. The van der Waals surface area contributed by atoms with Gasteiger partial charge in [0, 0.05) is 12.0 Å². The molecule has 1 fully saturated rings. The molecular formula is C26H23FN3O2S+. The van der Waals surface area contributed by atoms with Crippen molar-refractivity contribution in [2.45, 2.75) is 25.8 Å². The molecule has 1 atom stereocenters. The van der Waals surface area contributed by atoms with Crippen molar-refractivity contribution in [1.29, 1.82) is 0 Å². The van der Waals surface area contributed by atoms with Gasteiger partial charge in [-0.15, -0.1) is 11.3 Å². The fourth-order valence-electron chi connectivity index (χ4n) is 4.16. The number of anilines is 1. The number of aryl methyl sites for hydroxylation is 1. The van der Waals surface area contributed by atoms with E-state index in [-0.39, 0.29) is 24.1 Å². The smallest absolute Gasteiger partial charge is 0.292 e. The molecule has 0 radical (unpaired) electrons. The van der Waals surface area contributed by atoms with Crippen LogP contribution >= 0.6 is 11.3 Å². The summed E-state index contributed by atoms with van der Waals surface area (Å²) >= 11 is 1.62. The number of nitrogens with zero attached hydrogens (tertiary/aromatic N) is 2. The van der Waals surface area contributed by atoms with Gasteiger partial charge in [0.25, 0.3) is 5.91 Å². The number of aromatic nitrogens is 1. The van der Waals surface area contributed by atoms with E-state index in [2.05, 4.69) is 13.0 Å². The number of rotatable bonds is 6. The van der Waals surface area contributed by atoms with Crippen LogP contribution in [0.1, 0.15) is 17.5 Å². The Kier molecular flexibility index (Phi) is 5.74. The number of fused-ring (bicyclic) bond motifs is 1. The van der Waals surface area contributed by atoms with E-state index < -0.39 is 6.04 Å². The minimum absolute atomic E-state index is 0.148. The zero-order valence-corrected chi connectivity index (χ0v) is 18.9. The molecule has 0 spiro atoms. The first kappa shape index (κ1) is 21.4. The van der Waals surface area contributed by atoms with Gasteiger partial charge in [0.1, 0.15) is 10.8 Å². The minimum Gasteiger partial charge on any atom is -0.335 e. The molecule has 0 bridgehead atoms. The Balaban J connectivity index is 1.27. The summed E-state index contributed by atoms with van der Waals surface area (Å²) < 4.78 is 14.9. The highest BCUT2D eigenvalue weighted by Gasteiger charge is 2.42. The summed E-state index contributed by atoms with van der Waals surface area (Å²) in [5, 5.41) is 2.74. The van der Waals surface area contributed by atoms with Gasteiger partial charge >= 0.3 is 0 Å². The Bertz CT molecular complexity index is 1350. The number of hydrogen-bond donors (Lipinski definition) is 1. The van der Waals surface area contributed by atoms with E-state index in [0.29, 0.717) is 24.2 Å². The predicted octanol–water partition coefficient (Wildman–Crippen LogP) is 3.85. The molecule has 0 saturated carbocycles. The highest BCUT2D eigenvalue weighted by Crippen LogP contribution is 2.32. The van der Waals surface area contributed by atoms with Crippen LogP contribution in [0, 0.1) is 12.7 Å². The molecule has 2 amide bonds. The summed E-state index contributed by atoms with van der Waals surface area (Å²) in [6.07, 6.45) is 0.649. The standard InChI is InChI=1S/C26H22FN3O2S/c1-16-6-11-21-23(14-16)33-25(29-21)18-7-9-19(10-8-18)30-24(31)15-22(26(30)32)28-13-12-17-4-2-3-5-20(17)27/h2-11,14,22,28H,12-13,15H2,1H3/p+1/t22-/m0/s1. The zero-order valence-electron chi connectivity index (χ0n) is 18.1. The van der Waals surface area contributed by atoms with Crippen molar-refractivity contribution in [2.75, 3.05) is 11.4 Å². The Hall–Kier alpha value is -3.42. The third-order valence-electron chi connectivity index (χ3n) is 5.92. The molecule has 1 aliphatic heterocycles. The Morgan fingerprint density at radius 3 is 2.67 bits per heavy atom. The van der Waals surface area contributed by atoms with Crippen LogP contribution in [-0.4, -0.2) is 29.4 Å². The van der Waals surface area contributed by atoms with E-state index in [0.717, 1.165) is 20.8 Å². The number of halogens is 1. The van der Waals surface area contributed by atoms with E-state index in [1.54, 1.807) is 41.7 Å². The van der Waals surface area contributed by atoms with Gasteiger partial charge in [0.05, 0.1) is 28.9 Å². The predicted molar refractivity (Wildman–Crippen MR) is 128 cm³/mol. The molecule has 4 aromatic rings. The fourth-order valence-corrected chi connectivity index (χ4v) is 5.23. The Labute approximate surface area is 194 Å². The third-order valence-corrected chi connectivity index (χ3v) is 6.99. The zero-order chi connectivity index (χ0) is 22.9. The SMILES string of the molecule is Cc1ccc2nc(-c3ccc(N4C(=O)C[C@H]([NH2+]CCc5ccccc5F)C4=O)cc3)sc2c1. The van der Waals surface area contributed by atoms with Gasteiger partial charge in [-0.25, -0.2) is 14.3 Å². The lowest BCUT2D eigenvalue weighted by atomic mass is 10.1. The van der Waals surface area contributed by atoms with Gasteiger partial charge in [0.15, 0.2) is 6.04 Å². The Morgan fingerprint density at radius 1 is 1.09 bits per heavy atom. The summed E-state index contributed by atoms with van der Waals surface area (Å²) in [4.78, 5) is 31.5.